The quantitative estimate of drug-likeness (QED) is 0.548. The lowest BCUT2D eigenvalue weighted by Gasteiger charge is -2.17. The first-order valence-electron chi connectivity index (χ1n) is 9.41. The fraction of sp³-hybridized carbons (Fsp3) is 0.292. The summed E-state index contributed by atoms with van der Waals surface area (Å²) in [5.74, 6) is 6.30. The van der Waals surface area contributed by atoms with Crippen LogP contribution in [0, 0.1) is 24.7 Å². The molecule has 1 atom stereocenters. The van der Waals surface area contributed by atoms with Gasteiger partial charge in [0.1, 0.15) is 25.6 Å². The minimum Gasteiger partial charge on any atom is -0.493 e. The summed E-state index contributed by atoms with van der Waals surface area (Å²) in [5, 5.41) is 2.85. The lowest BCUT2D eigenvalue weighted by Crippen LogP contribution is -2.41. The number of hydrogen-bond donors (Lipinski definition) is 1. The maximum absolute atomic E-state index is 12.5. The van der Waals surface area contributed by atoms with Gasteiger partial charge in [0.25, 0.3) is 5.91 Å². The second-order valence-electron chi connectivity index (χ2n) is 6.15. The van der Waals surface area contributed by atoms with E-state index >= 15 is 0 Å². The van der Waals surface area contributed by atoms with Crippen LogP contribution < -0.4 is 19.5 Å². The van der Waals surface area contributed by atoms with Crippen LogP contribution >= 0.6 is 0 Å². The molecule has 156 valence electrons. The van der Waals surface area contributed by atoms with Gasteiger partial charge in [0, 0.05) is 6.54 Å². The Hall–Kier alpha value is -3.61. The molecule has 6 heteroatoms. The highest BCUT2D eigenvalue weighted by atomic mass is 16.5. The molecule has 0 unspecified atom stereocenters. The molecular weight excluding hydrogens is 382 g/mol. The SMILES string of the molecule is C#CCOc1ccc(CCNC(=O)[C@@H](COc2ccccc2)OCC#C)cc1OC. The molecule has 0 saturated carbocycles. The van der Waals surface area contributed by atoms with Crippen LogP contribution in [0.3, 0.4) is 0 Å². The molecule has 0 aliphatic rings. The van der Waals surface area contributed by atoms with Gasteiger partial charge in [-0.25, -0.2) is 0 Å². The first kappa shape index (κ1) is 22.7. The van der Waals surface area contributed by atoms with Crippen molar-refractivity contribution in [2.24, 2.45) is 0 Å². The molecular formula is C24H25NO5. The van der Waals surface area contributed by atoms with E-state index in [2.05, 4.69) is 17.2 Å². The summed E-state index contributed by atoms with van der Waals surface area (Å²) in [4.78, 5) is 12.5. The zero-order chi connectivity index (χ0) is 21.6. The first-order chi connectivity index (χ1) is 14.7. The molecule has 0 aliphatic heterocycles. The van der Waals surface area contributed by atoms with Gasteiger partial charge in [0.15, 0.2) is 17.6 Å². The number of nitrogens with one attached hydrogen (secondary N) is 1. The molecule has 6 nitrogen and oxygen atoms in total. The Balaban J connectivity index is 1.88. The molecule has 0 heterocycles. The maximum atomic E-state index is 12.5. The topological polar surface area (TPSA) is 66.0 Å². The number of methoxy groups -OCH3 is 1. The van der Waals surface area contributed by atoms with Gasteiger partial charge in [-0.1, -0.05) is 36.1 Å². The highest BCUT2D eigenvalue weighted by Gasteiger charge is 2.19. The van der Waals surface area contributed by atoms with Crippen molar-refractivity contribution >= 4 is 5.91 Å². The summed E-state index contributed by atoms with van der Waals surface area (Å²) < 4.78 is 21.8. The fourth-order valence-corrected chi connectivity index (χ4v) is 2.59. The lowest BCUT2D eigenvalue weighted by atomic mass is 10.1. The molecule has 1 amide bonds. The summed E-state index contributed by atoms with van der Waals surface area (Å²) in [6.45, 7) is 0.656. The fourth-order valence-electron chi connectivity index (χ4n) is 2.59. The smallest absolute Gasteiger partial charge is 0.252 e. The van der Waals surface area contributed by atoms with Crippen LogP contribution in [-0.2, 0) is 16.0 Å². The molecule has 0 bridgehead atoms. The van der Waals surface area contributed by atoms with Crippen LogP contribution in [0.4, 0.5) is 0 Å². The Kier molecular flexibility index (Phi) is 9.65. The van der Waals surface area contributed by atoms with E-state index < -0.39 is 6.10 Å². The van der Waals surface area contributed by atoms with Gasteiger partial charge in [-0.3, -0.25) is 4.79 Å². The average molecular weight is 407 g/mol. The summed E-state index contributed by atoms with van der Waals surface area (Å²) in [6.07, 6.45) is 10.3. The van der Waals surface area contributed by atoms with E-state index in [0.29, 0.717) is 30.2 Å². The molecule has 0 fully saturated rings. The minimum absolute atomic E-state index is 0.0204. The third-order valence-electron chi connectivity index (χ3n) is 4.06. The van der Waals surface area contributed by atoms with Crippen molar-refractivity contribution in [2.75, 3.05) is 33.5 Å². The van der Waals surface area contributed by atoms with E-state index in [9.17, 15) is 4.79 Å². The molecule has 2 rings (SSSR count). The monoisotopic (exact) mass is 407 g/mol. The number of terminal acetylenes is 2. The van der Waals surface area contributed by atoms with Crippen LogP contribution in [0.15, 0.2) is 48.5 Å². The Morgan fingerprint density at radius 3 is 2.50 bits per heavy atom. The molecule has 0 spiro atoms. The number of benzene rings is 2. The highest BCUT2D eigenvalue weighted by Crippen LogP contribution is 2.28. The van der Waals surface area contributed by atoms with Gasteiger partial charge in [-0.05, 0) is 36.2 Å². The Labute approximate surface area is 177 Å². The molecule has 0 radical (unpaired) electrons. The zero-order valence-corrected chi connectivity index (χ0v) is 16.9. The number of para-hydroxylation sites is 1. The van der Waals surface area contributed by atoms with E-state index in [1.807, 2.05) is 30.3 Å². The summed E-state index contributed by atoms with van der Waals surface area (Å²) in [5.41, 5.74) is 0.974. The van der Waals surface area contributed by atoms with Crippen molar-refractivity contribution in [3.63, 3.8) is 0 Å². The minimum atomic E-state index is -0.810. The van der Waals surface area contributed by atoms with Crippen LogP contribution in [0.25, 0.3) is 0 Å². The van der Waals surface area contributed by atoms with Gasteiger partial charge in [0.2, 0.25) is 0 Å². The summed E-state index contributed by atoms with van der Waals surface area (Å²) in [6, 6.07) is 14.7. The Morgan fingerprint density at radius 1 is 1.03 bits per heavy atom. The van der Waals surface area contributed by atoms with Crippen molar-refractivity contribution in [1.29, 1.82) is 0 Å². The van der Waals surface area contributed by atoms with Crippen LogP contribution in [-0.4, -0.2) is 45.5 Å². The number of ether oxygens (including phenoxy) is 4. The summed E-state index contributed by atoms with van der Waals surface area (Å²) in [7, 11) is 1.56. The van der Waals surface area contributed by atoms with Crippen molar-refractivity contribution in [1.82, 2.24) is 5.32 Å². The molecule has 0 saturated heterocycles. The van der Waals surface area contributed by atoms with E-state index in [1.165, 1.54) is 0 Å². The number of amides is 1. The summed E-state index contributed by atoms with van der Waals surface area (Å²) >= 11 is 0. The maximum Gasteiger partial charge on any atom is 0.252 e. The van der Waals surface area contributed by atoms with E-state index in [-0.39, 0.29) is 25.7 Å². The Morgan fingerprint density at radius 2 is 1.80 bits per heavy atom. The Bertz CT molecular complexity index is 883. The third kappa shape index (κ3) is 7.43. The standard InChI is InChI=1S/C24H25NO5/c1-4-15-28-21-12-11-19(17-22(21)27-3)13-14-25-24(26)23(29-16-5-2)18-30-20-9-7-6-8-10-20/h1-2,6-12,17,23H,13-16,18H2,3H3,(H,25,26)/t23-/m1/s1. The van der Waals surface area contributed by atoms with Gasteiger partial charge in [0.05, 0.1) is 7.11 Å². The first-order valence-corrected chi connectivity index (χ1v) is 9.41. The molecule has 2 aromatic carbocycles. The van der Waals surface area contributed by atoms with Gasteiger partial charge in [-0.15, -0.1) is 12.8 Å². The van der Waals surface area contributed by atoms with Gasteiger partial charge < -0.3 is 24.3 Å². The third-order valence-corrected chi connectivity index (χ3v) is 4.06. The second kappa shape index (κ2) is 12.8. The number of carbonyl (C=O) groups excluding carboxylic acids is 1. The normalized spacial score (nSPS) is 10.9. The van der Waals surface area contributed by atoms with E-state index in [0.717, 1.165) is 5.56 Å². The van der Waals surface area contributed by atoms with Crippen molar-refractivity contribution in [3.05, 3.63) is 54.1 Å². The molecule has 2 aromatic rings. The predicted molar refractivity (Wildman–Crippen MR) is 115 cm³/mol. The van der Waals surface area contributed by atoms with Crippen LogP contribution in [0.1, 0.15) is 5.56 Å². The highest BCUT2D eigenvalue weighted by molar-refractivity contribution is 5.81. The van der Waals surface area contributed by atoms with Gasteiger partial charge >= 0.3 is 0 Å². The van der Waals surface area contributed by atoms with Crippen LogP contribution in [0.2, 0.25) is 0 Å². The molecule has 30 heavy (non-hydrogen) atoms. The largest absolute Gasteiger partial charge is 0.493 e. The van der Waals surface area contributed by atoms with Crippen molar-refractivity contribution in [2.45, 2.75) is 12.5 Å². The van der Waals surface area contributed by atoms with E-state index in [1.54, 1.807) is 25.3 Å². The predicted octanol–water partition coefficient (Wildman–Crippen LogP) is 2.46. The van der Waals surface area contributed by atoms with Crippen LogP contribution in [0.5, 0.6) is 17.2 Å². The number of carbonyl (C=O) groups is 1. The number of rotatable bonds is 12. The second-order valence-corrected chi connectivity index (χ2v) is 6.15. The molecule has 1 N–H and O–H groups in total. The molecule has 0 aromatic heterocycles. The van der Waals surface area contributed by atoms with Crippen molar-refractivity contribution < 1.29 is 23.7 Å². The number of hydrogen-bond acceptors (Lipinski definition) is 5. The lowest BCUT2D eigenvalue weighted by molar-refractivity contribution is -0.133. The zero-order valence-electron chi connectivity index (χ0n) is 16.9. The average Bonchev–Trinajstić information content (AvgIpc) is 2.78. The van der Waals surface area contributed by atoms with Crippen molar-refractivity contribution in [3.8, 4) is 41.9 Å². The van der Waals surface area contributed by atoms with Gasteiger partial charge in [-0.2, -0.15) is 0 Å². The van der Waals surface area contributed by atoms with E-state index in [4.69, 9.17) is 31.8 Å². The molecule has 0 aliphatic carbocycles.